The maximum atomic E-state index is 13.8. The number of aromatic nitrogens is 1. The topological polar surface area (TPSA) is 80.5 Å². The van der Waals surface area contributed by atoms with Crippen molar-refractivity contribution in [1.29, 1.82) is 0 Å². The molecule has 156 valence electrons. The van der Waals surface area contributed by atoms with E-state index in [1.54, 1.807) is 24.9 Å². The van der Waals surface area contributed by atoms with Crippen LogP contribution in [0.4, 0.5) is 14.0 Å². The van der Waals surface area contributed by atoms with Gasteiger partial charge in [-0.3, -0.25) is 0 Å². The van der Waals surface area contributed by atoms with E-state index in [1.165, 1.54) is 6.07 Å². The Bertz CT molecular complexity index is 884. The third-order valence-corrected chi connectivity index (χ3v) is 5.85. The fraction of sp³-hybridized carbons (Fsp3) is 0.524. The Morgan fingerprint density at radius 2 is 2.03 bits per heavy atom. The number of fused-ring (bicyclic) bond motifs is 1. The van der Waals surface area contributed by atoms with Crippen molar-refractivity contribution < 1.29 is 14.0 Å². The van der Waals surface area contributed by atoms with Gasteiger partial charge in [0.25, 0.3) is 0 Å². The lowest BCUT2D eigenvalue weighted by Crippen LogP contribution is -2.56. The molecule has 1 atom stereocenters. The quantitative estimate of drug-likeness (QED) is 0.736. The SMILES string of the molecule is CNC(=O)N1CCC[C@@H](N(C(=O)NCc2cc3cc(C)c(F)cc3[nH]2)C2CC2)C1. The molecule has 4 rings (SSSR count). The molecule has 0 unspecified atom stereocenters. The molecule has 2 fully saturated rings. The number of carbonyl (C=O) groups excluding carboxylic acids is 2. The van der Waals surface area contributed by atoms with Crippen molar-refractivity contribution in [3.63, 3.8) is 0 Å². The average Bonchev–Trinajstić information content (AvgIpc) is 3.47. The molecule has 0 radical (unpaired) electrons. The Morgan fingerprint density at radius 1 is 1.24 bits per heavy atom. The van der Waals surface area contributed by atoms with Crippen molar-refractivity contribution in [2.45, 2.75) is 51.2 Å². The average molecular weight is 401 g/mol. The monoisotopic (exact) mass is 401 g/mol. The van der Waals surface area contributed by atoms with Crippen molar-refractivity contribution in [2.75, 3.05) is 20.1 Å². The first-order valence-electron chi connectivity index (χ1n) is 10.3. The third-order valence-electron chi connectivity index (χ3n) is 5.85. The summed E-state index contributed by atoms with van der Waals surface area (Å²) in [7, 11) is 1.63. The van der Waals surface area contributed by atoms with E-state index < -0.39 is 0 Å². The summed E-state index contributed by atoms with van der Waals surface area (Å²) in [6.45, 7) is 3.38. The standard InChI is InChI=1S/C21H28FN5O2/c1-13-8-14-9-15(25-19(14)10-18(13)22)11-24-21(29)27(16-5-6-16)17-4-3-7-26(12-17)20(28)23-2/h8-10,16-17,25H,3-7,11-12H2,1-2H3,(H,23,28)(H,24,29)/t17-/m1/s1. The second kappa shape index (κ2) is 7.93. The highest BCUT2D eigenvalue weighted by Crippen LogP contribution is 2.31. The first kappa shape index (κ1) is 19.5. The minimum absolute atomic E-state index is 0.0352. The number of rotatable bonds is 4. The Labute approximate surface area is 169 Å². The van der Waals surface area contributed by atoms with Crippen molar-refractivity contribution in [1.82, 2.24) is 25.4 Å². The molecule has 3 N–H and O–H groups in total. The molecular formula is C21H28FN5O2. The number of amides is 4. The third kappa shape index (κ3) is 4.16. The predicted octanol–water partition coefficient (Wildman–Crippen LogP) is 3.09. The van der Waals surface area contributed by atoms with Crippen molar-refractivity contribution >= 4 is 23.0 Å². The van der Waals surface area contributed by atoms with Gasteiger partial charge in [-0.1, -0.05) is 0 Å². The number of likely N-dealkylation sites (tertiary alicyclic amines) is 1. The van der Waals surface area contributed by atoms with Crippen LogP contribution in [0.5, 0.6) is 0 Å². The molecule has 4 amide bonds. The van der Waals surface area contributed by atoms with Gasteiger partial charge in [0, 0.05) is 42.8 Å². The van der Waals surface area contributed by atoms with Crippen LogP contribution in [0.1, 0.15) is 36.9 Å². The number of aromatic amines is 1. The molecule has 0 bridgehead atoms. The predicted molar refractivity (Wildman–Crippen MR) is 109 cm³/mol. The molecule has 1 saturated carbocycles. The van der Waals surface area contributed by atoms with Crippen LogP contribution in [0.15, 0.2) is 18.2 Å². The summed E-state index contributed by atoms with van der Waals surface area (Å²) >= 11 is 0. The van der Waals surface area contributed by atoms with Gasteiger partial charge in [0.05, 0.1) is 12.6 Å². The van der Waals surface area contributed by atoms with E-state index in [1.807, 2.05) is 11.0 Å². The number of halogens is 1. The molecule has 1 aliphatic heterocycles. The highest BCUT2D eigenvalue weighted by atomic mass is 19.1. The number of carbonyl (C=O) groups is 2. The van der Waals surface area contributed by atoms with E-state index in [0.717, 1.165) is 48.8 Å². The van der Waals surface area contributed by atoms with Crippen LogP contribution in [-0.4, -0.2) is 59.1 Å². The van der Waals surface area contributed by atoms with E-state index in [4.69, 9.17) is 0 Å². The van der Waals surface area contributed by atoms with Gasteiger partial charge in [0.2, 0.25) is 0 Å². The van der Waals surface area contributed by atoms with E-state index in [0.29, 0.717) is 18.7 Å². The molecule has 7 nitrogen and oxygen atoms in total. The molecule has 1 aliphatic carbocycles. The summed E-state index contributed by atoms with van der Waals surface area (Å²) in [5, 5.41) is 6.61. The Hall–Kier alpha value is -2.77. The molecule has 0 spiro atoms. The summed E-state index contributed by atoms with van der Waals surface area (Å²) < 4.78 is 13.8. The maximum absolute atomic E-state index is 13.8. The number of H-pyrrole nitrogens is 1. The van der Waals surface area contributed by atoms with Gasteiger partial charge in [0.15, 0.2) is 0 Å². The van der Waals surface area contributed by atoms with Crippen molar-refractivity contribution in [3.05, 3.63) is 35.3 Å². The number of nitrogens with zero attached hydrogens (tertiary/aromatic N) is 2. The molecule has 1 saturated heterocycles. The number of hydrogen-bond donors (Lipinski definition) is 3. The van der Waals surface area contributed by atoms with E-state index in [9.17, 15) is 14.0 Å². The lowest BCUT2D eigenvalue weighted by molar-refractivity contribution is 0.116. The van der Waals surface area contributed by atoms with Crippen LogP contribution >= 0.6 is 0 Å². The lowest BCUT2D eigenvalue weighted by Gasteiger charge is -2.39. The molecule has 1 aromatic heterocycles. The van der Waals surface area contributed by atoms with E-state index >= 15 is 0 Å². The van der Waals surface area contributed by atoms with Gasteiger partial charge in [0.1, 0.15) is 5.82 Å². The van der Waals surface area contributed by atoms with Crippen LogP contribution in [0.3, 0.4) is 0 Å². The van der Waals surface area contributed by atoms with Crippen LogP contribution in [0, 0.1) is 12.7 Å². The van der Waals surface area contributed by atoms with Crippen LogP contribution in [0.2, 0.25) is 0 Å². The summed E-state index contributed by atoms with van der Waals surface area (Å²) in [5.74, 6) is -0.243. The Kier molecular flexibility index (Phi) is 5.34. The van der Waals surface area contributed by atoms with Gasteiger partial charge >= 0.3 is 12.1 Å². The lowest BCUT2D eigenvalue weighted by atomic mass is 10.0. The summed E-state index contributed by atoms with van der Waals surface area (Å²) in [6.07, 6.45) is 3.81. The van der Waals surface area contributed by atoms with E-state index in [2.05, 4.69) is 15.6 Å². The highest BCUT2D eigenvalue weighted by molar-refractivity contribution is 5.82. The number of nitrogens with one attached hydrogen (secondary N) is 3. The summed E-state index contributed by atoms with van der Waals surface area (Å²) in [5.41, 5.74) is 2.17. The molecule has 2 aromatic rings. The summed E-state index contributed by atoms with van der Waals surface area (Å²) in [6, 6.07) is 5.33. The minimum atomic E-state index is -0.243. The van der Waals surface area contributed by atoms with Crippen molar-refractivity contribution in [3.8, 4) is 0 Å². The number of piperidine rings is 1. The van der Waals surface area contributed by atoms with Gasteiger partial charge in [-0.05, 0) is 56.4 Å². The fourth-order valence-corrected chi connectivity index (χ4v) is 4.19. The van der Waals surface area contributed by atoms with Gasteiger partial charge < -0.3 is 25.4 Å². The second-order valence-corrected chi connectivity index (χ2v) is 8.08. The zero-order valence-electron chi connectivity index (χ0n) is 16.9. The number of urea groups is 2. The first-order chi connectivity index (χ1) is 14.0. The minimum Gasteiger partial charge on any atom is -0.357 e. The maximum Gasteiger partial charge on any atom is 0.318 e. The van der Waals surface area contributed by atoms with Gasteiger partial charge in [-0.25, -0.2) is 14.0 Å². The molecule has 29 heavy (non-hydrogen) atoms. The van der Waals surface area contributed by atoms with Gasteiger partial charge in [-0.2, -0.15) is 0 Å². The number of aryl methyl sites for hydroxylation is 1. The second-order valence-electron chi connectivity index (χ2n) is 8.08. The molecular weight excluding hydrogens is 373 g/mol. The molecule has 1 aromatic carbocycles. The molecule has 2 heterocycles. The fourth-order valence-electron chi connectivity index (χ4n) is 4.19. The van der Waals surface area contributed by atoms with Crippen LogP contribution in [0.25, 0.3) is 10.9 Å². The zero-order valence-corrected chi connectivity index (χ0v) is 16.9. The van der Waals surface area contributed by atoms with Gasteiger partial charge in [-0.15, -0.1) is 0 Å². The number of benzene rings is 1. The Morgan fingerprint density at radius 3 is 2.76 bits per heavy atom. The van der Waals surface area contributed by atoms with Crippen LogP contribution in [-0.2, 0) is 6.54 Å². The zero-order chi connectivity index (χ0) is 20.5. The summed E-state index contributed by atoms with van der Waals surface area (Å²) in [4.78, 5) is 31.9. The number of hydrogen-bond acceptors (Lipinski definition) is 2. The van der Waals surface area contributed by atoms with Crippen LogP contribution < -0.4 is 10.6 Å². The Balaban J connectivity index is 1.42. The van der Waals surface area contributed by atoms with E-state index in [-0.39, 0.29) is 30.0 Å². The first-order valence-corrected chi connectivity index (χ1v) is 10.3. The molecule has 8 heteroatoms. The normalized spacial score (nSPS) is 19.3. The van der Waals surface area contributed by atoms with Crippen molar-refractivity contribution in [2.24, 2.45) is 0 Å². The highest BCUT2D eigenvalue weighted by Gasteiger charge is 2.39. The molecule has 2 aliphatic rings. The smallest absolute Gasteiger partial charge is 0.318 e. The largest absolute Gasteiger partial charge is 0.357 e.